The lowest BCUT2D eigenvalue weighted by Gasteiger charge is -2.42. The van der Waals surface area contributed by atoms with Gasteiger partial charge in [-0.3, -0.25) is 14.4 Å². The van der Waals surface area contributed by atoms with Gasteiger partial charge in [-0.15, -0.1) is 0 Å². The number of cyclic esters (lactones) is 1. The second-order valence-corrected chi connectivity index (χ2v) is 18.5. The Morgan fingerprint density at radius 1 is 0.814 bits per heavy atom. The molecule has 2 saturated heterocycles. The molecule has 3 fully saturated rings. The maximum absolute atomic E-state index is 14.1. The molecule has 4 aliphatic rings. The average Bonchev–Trinajstić information content (AvgIpc) is 3.21. The fourth-order valence-corrected chi connectivity index (χ4v) is 9.32. The standard InChI is InChI=1S/C48H75NO10/c1-31-13-9-8-10-14-33(3)44(57-7)29-40-24-17-36(6)48(56,59-40)45(53)46(54)49-26-12-11-15-41(49)47(55)58-39(25-20-37-18-21-38(50)22-19-37)23-16-32(2)28-35(5)43(52)30-42(51)34(4)27-31/h8-10,13-14,28,31-32,34,36-41,43-44,50,52,56H,11-12,15-27,29-30H2,1-7H3/b10-8+,13-9+,33-14+,35-28+/t31-,32+,34-,36-,37-,38-,39+,40?,41+,43+,44+,48-/m1/s1. The zero-order valence-electron chi connectivity index (χ0n) is 37.0. The molecule has 3 N–H and O–H groups in total. The van der Waals surface area contributed by atoms with Gasteiger partial charge in [0.15, 0.2) is 0 Å². The molecule has 332 valence electrons. The zero-order valence-corrected chi connectivity index (χ0v) is 37.0. The van der Waals surface area contributed by atoms with Crippen LogP contribution in [0.15, 0.2) is 47.6 Å². The molecule has 0 radical (unpaired) electrons. The Labute approximate surface area is 353 Å². The SMILES string of the molecule is CO[C@H]1CC2CC[C@@H](C)[C@@](O)(O2)C(=O)C(=O)N2CCCC[C@H]2C(=O)O[C@H](CC[C@H]2CC[C@H](O)CC2)CC[C@H](C)/C=C(\C)[C@@H](O)CC(=O)[C@H](C)C[C@H](C)/C=C/C=C/C=C/1C. The molecule has 1 saturated carbocycles. The Hall–Kier alpha value is -2.96. The Morgan fingerprint density at radius 3 is 2.25 bits per heavy atom. The van der Waals surface area contributed by atoms with Gasteiger partial charge in [-0.1, -0.05) is 64.2 Å². The van der Waals surface area contributed by atoms with Gasteiger partial charge in [0.05, 0.1) is 24.4 Å². The zero-order chi connectivity index (χ0) is 43.3. The quantitative estimate of drug-likeness (QED) is 0.147. The second-order valence-electron chi connectivity index (χ2n) is 18.5. The minimum atomic E-state index is -2.35. The van der Waals surface area contributed by atoms with Crippen LogP contribution in [0.2, 0.25) is 0 Å². The van der Waals surface area contributed by atoms with Crippen LogP contribution in [0.4, 0.5) is 0 Å². The molecule has 1 amide bonds. The van der Waals surface area contributed by atoms with Crippen LogP contribution < -0.4 is 0 Å². The van der Waals surface area contributed by atoms with E-state index in [-0.39, 0.29) is 48.7 Å². The Balaban J connectivity index is 1.60. The summed E-state index contributed by atoms with van der Waals surface area (Å²) in [6, 6.07) is -0.965. The van der Waals surface area contributed by atoms with Crippen LogP contribution in [-0.2, 0) is 33.4 Å². The first-order chi connectivity index (χ1) is 28.0. The number of hydrogen-bond acceptors (Lipinski definition) is 10. The summed E-state index contributed by atoms with van der Waals surface area (Å²) >= 11 is 0. The van der Waals surface area contributed by atoms with Gasteiger partial charge in [0.1, 0.15) is 17.9 Å². The molecule has 11 nitrogen and oxygen atoms in total. The highest BCUT2D eigenvalue weighted by Gasteiger charge is 2.53. The molecule has 0 aromatic heterocycles. The number of piperidine rings is 1. The molecular formula is C48H75NO10. The van der Waals surface area contributed by atoms with Crippen molar-refractivity contribution in [1.82, 2.24) is 4.90 Å². The number of carbonyl (C=O) groups is 4. The number of rotatable bonds is 4. The van der Waals surface area contributed by atoms with E-state index in [2.05, 4.69) is 19.9 Å². The first-order valence-corrected chi connectivity index (χ1v) is 22.6. The molecule has 11 heteroatoms. The van der Waals surface area contributed by atoms with Gasteiger partial charge in [-0.2, -0.15) is 0 Å². The molecule has 59 heavy (non-hydrogen) atoms. The summed E-state index contributed by atoms with van der Waals surface area (Å²) in [6.07, 6.45) is 19.1. The first-order valence-electron chi connectivity index (χ1n) is 22.6. The lowest BCUT2D eigenvalue weighted by Crippen LogP contribution is -2.60. The van der Waals surface area contributed by atoms with E-state index in [0.717, 1.165) is 43.3 Å². The molecule has 0 aromatic rings. The largest absolute Gasteiger partial charge is 0.461 e. The minimum absolute atomic E-state index is 0.0239. The van der Waals surface area contributed by atoms with Crippen molar-refractivity contribution >= 4 is 23.4 Å². The number of amides is 1. The number of esters is 1. The van der Waals surface area contributed by atoms with E-state index in [1.807, 2.05) is 51.2 Å². The van der Waals surface area contributed by atoms with E-state index in [1.165, 1.54) is 4.90 Å². The van der Waals surface area contributed by atoms with Crippen molar-refractivity contribution in [2.75, 3.05) is 13.7 Å². The topological polar surface area (TPSA) is 160 Å². The number of Topliss-reactive ketones (excluding diaryl/α,β-unsaturated/α-hetero) is 2. The Morgan fingerprint density at radius 2 is 1.54 bits per heavy atom. The van der Waals surface area contributed by atoms with E-state index in [0.29, 0.717) is 70.1 Å². The number of hydrogen-bond donors (Lipinski definition) is 3. The number of methoxy groups -OCH3 is 1. The first kappa shape index (κ1) is 48.7. The Bertz CT molecular complexity index is 1530. The highest BCUT2D eigenvalue weighted by Crippen LogP contribution is 2.37. The number of allylic oxidation sites excluding steroid dienone is 6. The maximum atomic E-state index is 14.1. The van der Waals surface area contributed by atoms with Crippen molar-refractivity contribution in [3.05, 3.63) is 47.6 Å². The third kappa shape index (κ3) is 14.3. The van der Waals surface area contributed by atoms with Crippen molar-refractivity contribution in [2.24, 2.45) is 29.6 Å². The van der Waals surface area contributed by atoms with Crippen LogP contribution in [0.3, 0.4) is 0 Å². The third-order valence-corrected chi connectivity index (χ3v) is 13.5. The third-order valence-electron chi connectivity index (χ3n) is 13.5. The highest BCUT2D eigenvalue weighted by atomic mass is 16.6. The van der Waals surface area contributed by atoms with Gasteiger partial charge in [0.2, 0.25) is 5.79 Å². The summed E-state index contributed by atoms with van der Waals surface area (Å²) in [6.45, 7) is 11.7. The normalized spacial score (nSPS) is 40.2. The van der Waals surface area contributed by atoms with Gasteiger partial charge in [0, 0.05) is 38.3 Å². The molecule has 0 aromatic carbocycles. The number of carbonyl (C=O) groups excluding carboxylic acids is 4. The molecule has 1 aliphatic carbocycles. The number of aliphatic hydroxyl groups excluding tert-OH is 2. The molecule has 1 unspecified atom stereocenters. The minimum Gasteiger partial charge on any atom is -0.461 e. The summed E-state index contributed by atoms with van der Waals surface area (Å²) < 4.78 is 18.2. The molecule has 3 heterocycles. The van der Waals surface area contributed by atoms with Crippen LogP contribution in [0, 0.1) is 29.6 Å². The summed E-state index contributed by atoms with van der Waals surface area (Å²) in [7, 11) is 1.60. The van der Waals surface area contributed by atoms with E-state index < -0.39 is 53.7 Å². The molecule has 4 rings (SSSR count). The van der Waals surface area contributed by atoms with Crippen LogP contribution >= 0.6 is 0 Å². The summed E-state index contributed by atoms with van der Waals surface area (Å²) in [5.41, 5.74) is 1.66. The maximum Gasteiger partial charge on any atom is 0.329 e. The predicted molar refractivity (Wildman–Crippen MR) is 228 cm³/mol. The lowest BCUT2D eigenvalue weighted by atomic mass is 9.83. The number of fused-ring (bicyclic) bond motifs is 3. The van der Waals surface area contributed by atoms with Crippen LogP contribution in [0.25, 0.3) is 0 Å². The van der Waals surface area contributed by atoms with Crippen molar-refractivity contribution < 1.29 is 48.7 Å². The second kappa shape index (κ2) is 23.3. The van der Waals surface area contributed by atoms with Crippen molar-refractivity contribution in [1.29, 1.82) is 0 Å². The van der Waals surface area contributed by atoms with Crippen molar-refractivity contribution in [2.45, 2.75) is 187 Å². The van der Waals surface area contributed by atoms with E-state index >= 15 is 0 Å². The monoisotopic (exact) mass is 826 g/mol. The molecular weight excluding hydrogens is 751 g/mol. The lowest BCUT2D eigenvalue weighted by molar-refractivity contribution is -0.265. The van der Waals surface area contributed by atoms with Crippen LogP contribution in [-0.4, -0.2) is 99.7 Å². The molecule has 0 spiro atoms. The van der Waals surface area contributed by atoms with E-state index in [4.69, 9.17) is 14.2 Å². The molecule has 3 aliphatic heterocycles. The summed E-state index contributed by atoms with van der Waals surface area (Å²) in [5, 5.41) is 33.0. The van der Waals surface area contributed by atoms with Crippen molar-refractivity contribution in [3.8, 4) is 0 Å². The van der Waals surface area contributed by atoms with E-state index in [9.17, 15) is 34.5 Å². The summed E-state index contributed by atoms with van der Waals surface area (Å²) in [4.78, 5) is 56.7. The fourth-order valence-electron chi connectivity index (χ4n) is 9.32. The number of nitrogens with zero attached hydrogens (tertiary/aromatic N) is 1. The van der Waals surface area contributed by atoms with Gasteiger partial charge >= 0.3 is 5.97 Å². The predicted octanol–water partition coefficient (Wildman–Crippen LogP) is 7.51. The van der Waals surface area contributed by atoms with Gasteiger partial charge in [-0.05, 0) is 133 Å². The van der Waals surface area contributed by atoms with Crippen LogP contribution in [0.5, 0.6) is 0 Å². The molecule has 2 bridgehead atoms. The van der Waals surface area contributed by atoms with Crippen molar-refractivity contribution in [3.63, 3.8) is 0 Å². The summed E-state index contributed by atoms with van der Waals surface area (Å²) in [5.74, 6) is -5.13. The van der Waals surface area contributed by atoms with Crippen LogP contribution in [0.1, 0.15) is 144 Å². The van der Waals surface area contributed by atoms with Gasteiger partial charge < -0.3 is 34.4 Å². The van der Waals surface area contributed by atoms with Gasteiger partial charge in [-0.25, -0.2) is 4.79 Å². The number of ketones is 2. The number of aliphatic hydroxyl groups is 3. The van der Waals surface area contributed by atoms with E-state index in [1.54, 1.807) is 14.0 Å². The molecule has 10 atom stereocenters. The van der Waals surface area contributed by atoms with Gasteiger partial charge in [0.25, 0.3) is 11.7 Å². The average molecular weight is 826 g/mol. The highest BCUT2D eigenvalue weighted by molar-refractivity contribution is 6.39. The Kier molecular flexibility index (Phi) is 19.2. The smallest absolute Gasteiger partial charge is 0.329 e. The fraction of sp³-hybridized carbons (Fsp3) is 0.750. The number of ether oxygens (including phenoxy) is 3.